The number of ether oxygens (including phenoxy) is 1. The molecule has 0 spiro atoms. The second kappa shape index (κ2) is 6.66. The van der Waals surface area contributed by atoms with Crippen molar-refractivity contribution in [2.75, 3.05) is 18.1 Å². The van der Waals surface area contributed by atoms with Crippen molar-refractivity contribution in [2.45, 2.75) is 25.3 Å². The molecule has 0 aromatic heterocycles. The van der Waals surface area contributed by atoms with Gasteiger partial charge in [0.1, 0.15) is 5.82 Å². The molecule has 1 fully saturated rings. The average molecular weight is 343 g/mol. The lowest BCUT2D eigenvalue weighted by atomic mass is 10.0. The van der Waals surface area contributed by atoms with Crippen molar-refractivity contribution in [1.82, 2.24) is 5.32 Å². The molecule has 1 N–H and O–H groups in total. The second-order valence-corrected chi connectivity index (χ2v) is 8.10. The van der Waals surface area contributed by atoms with Gasteiger partial charge in [-0.2, -0.15) is 0 Å². The van der Waals surface area contributed by atoms with Gasteiger partial charge in [-0.3, -0.25) is 9.59 Å². The van der Waals surface area contributed by atoms with Gasteiger partial charge in [-0.05, 0) is 31.0 Å². The molecule has 23 heavy (non-hydrogen) atoms. The van der Waals surface area contributed by atoms with Gasteiger partial charge in [0.25, 0.3) is 5.91 Å². The molecule has 6 nitrogen and oxygen atoms in total. The molecule has 1 aliphatic rings. The largest absolute Gasteiger partial charge is 0.455 e. The molecule has 0 saturated carbocycles. The van der Waals surface area contributed by atoms with Crippen molar-refractivity contribution in [3.8, 4) is 0 Å². The van der Waals surface area contributed by atoms with Gasteiger partial charge in [0.15, 0.2) is 16.4 Å². The molecule has 1 saturated heterocycles. The summed E-state index contributed by atoms with van der Waals surface area (Å²) >= 11 is 0. The minimum Gasteiger partial charge on any atom is -0.455 e. The van der Waals surface area contributed by atoms with Crippen molar-refractivity contribution in [2.24, 2.45) is 0 Å². The first kappa shape index (κ1) is 17.4. The van der Waals surface area contributed by atoms with E-state index >= 15 is 0 Å². The first-order valence-electron chi connectivity index (χ1n) is 7.09. The molecule has 2 rings (SSSR count). The Hall–Kier alpha value is -1.96. The Morgan fingerprint density at radius 2 is 2.13 bits per heavy atom. The van der Waals surface area contributed by atoms with E-state index in [1.165, 1.54) is 18.2 Å². The topological polar surface area (TPSA) is 89.5 Å². The summed E-state index contributed by atoms with van der Waals surface area (Å²) in [4.78, 5) is 23.4. The molecule has 8 heteroatoms. The lowest BCUT2D eigenvalue weighted by Crippen LogP contribution is -2.48. The van der Waals surface area contributed by atoms with Crippen molar-refractivity contribution < 1.29 is 27.1 Å². The van der Waals surface area contributed by atoms with Gasteiger partial charge in [-0.15, -0.1) is 0 Å². The maximum Gasteiger partial charge on any atom is 0.310 e. The monoisotopic (exact) mass is 343 g/mol. The van der Waals surface area contributed by atoms with Crippen LogP contribution < -0.4 is 5.32 Å². The van der Waals surface area contributed by atoms with Crippen LogP contribution in [0.3, 0.4) is 0 Å². The molecule has 126 valence electrons. The fourth-order valence-corrected chi connectivity index (χ4v) is 4.59. The summed E-state index contributed by atoms with van der Waals surface area (Å²) in [7, 11) is -3.13. The van der Waals surface area contributed by atoms with Crippen LogP contribution in [0.1, 0.15) is 18.9 Å². The lowest BCUT2D eigenvalue weighted by molar-refractivity contribution is -0.148. The number of rotatable bonds is 5. The second-order valence-electron chi connectivity index (χ2n) is 5.92. The Bertz CT molecular complexity index is 718. The van der Waals surface area contributed by atoms with E-state index in [0.717, 1.165) is 0 Å². The van der Waals surface area contributed by atoms with Crippen LogP contribution in [0, 0.1) is 5.82 Å². The zero-order valence-electron chi connectivity index (χ0n) is 12.7. The van der Waals surface area contributed by atoms with Gasteiger partial charge in [0.2, 0.25) is 0 Å². The normalized spacial score (nSPS) is 22.5. The molecule has 1 aliphatic heterocycles. The Morgan fingerprint density at radius 1 is 1.39 bits per heavy atom. The maximum atomic E-state index is 13.0. The smallest absolute Gasteiger partial charge is 0.310 e. The Labute approximate surface area is 133 Å². The zero-order valence-corrected chi connectivity index (χ0v) is 13.5. The first-order valence-corrected chi connectivity index (χ1v) is 8.91. The van der Waals surface area contributed by atoms with Crippen LogP contribution in [0.4, 0.5) is 4.39 Å². The van der Waals surface area contributed by atoms with Crippen LogP contribution in [0.2, 0.25) is 0 Å². The third-order valence-corrected chi connectivity index (χ3v) is 5.45. The standard InChI is InChI=1S/C15H18FNO5S/c1-15(5-6-23(20,21)10-15)17-13(18)9-22-14(19)8-11-3-2-4-12(16)7-11/h2-4,7H,5-6,8-10H2,1H3,(H,17,18)/t15-/m0/s1. The summed E-state index contributed by atoms with van der Waals surface area (Å²) in [6, 6.07) is 5.53. The Morgan fingerprint density at radius 3 is 2.74 bits per heavy atom. The molecule has 0 radical (unpaired) electrons. The van der Waals surface area contributed by atoms with Crippen LogP contribution in [-0.2, 0) is 30.6 Å². The summed E-state index contributed by atoms with van der Waals surface area (Å²) < 4.78 is 40.7. The third-order valence-electron chi connectivity index (χ3n) is 3.55. The lowest BCUT2D eigenvalue weighted by Gasteiger charge is -2.23. The summed E-state index contributed by atoms with van der Waals surface area (Å²) in [5.74, 6) is -1.76. The number of hydrogen-bond donors (Lipinski definition) is 1. The van der Waals surface area contributed by atoms with E-state index in [1.807, 2.05) is 0 Å². The van der Waals surface area contributed by atoms with E-state index in [4.69, 9.17) is 4.74 Å². The predicted octanol–water partition coefficient (Wildman–Crippen LogP) is 0.605. The quantitative estimate of drug-likeness (QED) is 0.791. The third kappa shape index (κ3) is 5.31. The molecule has 0 aliphatic carbocycles. The number of halogens is 1. The maximum absolute atomic E-state index is 13.0. The molecule has 0 unspecified atom stereocenters. The Balaban J connectivity index is 1.79. The number of nitrogens with one attached hydrogen (secondary N) is 1. The summed E-state index contributed by atoms with van der Waals surface area (Å²) in [6.45, 7) is 1.15. The molecule has 1 amide bonds. The molecule has 1 atom stereocenters. The van der Waals surface area contributed by atoms with Gasteiger partial charge in [-0.25, -0.2) is 12.8 Å². The van der Waals surface area contributed by atoms with E-state index in [9.17, 15) is 22.4 Å². The molecule has 0 bridgehead atoms. The van der Waals surface area contributed by atoms with Crippen molar-refractivity contribution in [3.05, 3.63) is 35.6 Å². The minimum atomic E-state index is -3.13. The Kier molecular flexibility index (Phi) is 5.03. The molecule has 1 heterocycles. The number of esters is 1. The van der Waals surface area contributed by atoms with E-state index in [-0.39, 0.29) is 17.9 Å². The number of carbonyl (C=O) groups is 2. The van der Waals surface area contributed by atoms with Gasteiger partial charge in [-0.1, -0.05) is 12.1 Å². The molecular formula is C15H18FNO5S. The van der Waals surface area contributed by atoms with Crippen molar-refractivity contribution in [1.29, 1.82) is 0 Å². The number of hydrogen-bond acceptors (Lipinski definition) is 5. The first-order chi connectivity index (χ1) is 10.7. The fraction of sp³-hybridized carbons (Fsp3) is 0.467. The predicted molar refractivity (Wildman–Crippen MR) is 80.9 cm³/mol. The number of benzene rings is 1. The van der Waals surface area contributed by atoms with E-state index < -0.39 is 39.7 Å². The van der Waals surface area contributed by atoms with E-state index in [0.29, 0.717) is 12.0 Å². The van der Waals surface area contributed by atoms with Crippen molar-refractivity contribution >= 4 is 21.7 Å². The van der Waals surface area contributed by atoms with Gasteiger partial charge in [0.05, 0.1) is 23.5 Å². The number of amides is 1. The van der Waals surface area contributed by atoms with E-state index in [1.54, 1.807) is 13.0 Å². The molecular weight excluding hydrogens is 325 g/mol. The van der Waals surface area contributed by atoms with Gasteiger partial charge >= 0.3 is 5.97 Å². The van der Waals surface area contributed by atoms with Crippen LogP contribution in [-0.4, -0.2) is 43.9 Å². The summed E-state index contributed by atoms with van der Waals surface area (Å²) in [5.41, 5.74) is -0.380. The zero-order chi connectivity index (χ0) is 17.1. The fourth-order valence-electron chi connectivity index (χ4n) is 2.49. The van der Waals surface area contributed by atoms with Crippen LogP contribution in [0.15, 0.2) is 24.3 Å². The highest BCUT2D eigenvalue weighted by molar-refractivity contribution is 7.91. The SMILES string of the molecule is C[C@]1(NC(=O)COC(=O)Cc2cccc(F)c2)CCS(=O)(=O)C1. The number of carbonyl (C=O) groups excluding carboxylic acids is 2. The van der Waals surface area contributed by atoms with Crippen LogP contribution >= 0.6 is 0 Å². The highest BCUT2D eigenvalue weighted by Crippen LogP contribution is 2.22. The number of sulfone groups is 1. The molecule has 1 aromatic carbocycles. The van der Waals surface area contributed by atoms with Crippen molar-refractivity contribution in [3.63, 3.8) is 0 Å². The van der Waals surface area contributed by atoms with Gasteiger partial charge in [0, 0.05) is 0 Å². The van der Waals surface area contributed by atoms with Crippen LogP contribution in [0.5, 0.6) is 0 Å². The summed E-state index contributed by atoms with van der Waals surface area (Å²) in [5, 5.41) is 2.58. The highest BCUT2D eigenvalue weighted by Gasteiger charge is 2.39. The summed E-state index contributed by atoms with van der Waals surface area (Å²) in [6.07, 6.45) is 0.189. The van der Waals surface area contributed by atoms with E-state index in [2.05, 4.69) is 5.32 Å². The average Bonchev–Trinajstić information content (AvgIpc) is 2.70. The molecule has 1 aromatic rings. The van der Waals surface area contributed by atoms with Crippen LogP contribution in [0.25, 0.3) is 0 Å². The van der Waals surface area contributed by atoms with Gasteiger partial charge < -0.3 is 10.1 Å². The highest BCUT2D eigenvalue weighted by atomic mass is 32.2. The minimum absolute atomic E-state index is 0.0309.